The molecule has 61 heavy (non-hydrogen) atoms. The number of carbonyl (C=O) groups excluding carboxylic acids is 1. The van der Waals surface area contributed by atoms with E-state index in [1.54, 1.807) is 21.3 Å². The molecule has 336 valence electrons. The summed E-state index contributed by atoms with van der Waals surface area (Å²) in [6.07, 6.45) is -1.14. The molecule has 9 atom stereocenters. The summed E-state index contributed by atoms with van der Waals surface area (Å²) >= 11 is 0. The van der Waals surface area contributed by atoms with Gasteiger partial charge in [0.25, 0.3) is 0 Å². The number of ketones is 1. The molecule has 2 bridgehead atoms. The Morgan fingerprint density at radius 3 is 1.90 bits per heavy atom. The maximum atomic E-state index is 15.9. The van der Waals surface area contributed by atoms with Gasteiger partial charge in [-0.25, -0.2) is 0 Å². The summed E-state index contributed by atoms with van der Waals surface area (Å²) in [6, 6.07) is 25.4. The second kappa shape index (κ2) is 18.5. The second-order valence-electron chi connectivity index (χ2n) is 20.1. The fourth-order valence-electron chi connectivity index (χ4n) is 10.5. The van der Waals surface area contributed by atoms with Crippen LogP contribution in [0.15, 0.2) is 78.9 Å². The number of aliphatic hydroxyl groups excluding tert-OH is 1. The fraction of sp³-hybridized carbons (Fsp3) is 0.620. The normalized spacial score (nSPS) is 31.5. The summed E-state index contributed by atoms with van der Waals surface area (Å²) in [5, 5.41) is 26.1. The molecule has 3 saturated carbocycles. The Labute approximate surface area is 365 Å². The minimum absolute atomic E-state index is 0.0341. The largest absolute Gasteiger partial charge is 0.497 e. The van der Waals surface area contributed by atoms with Crippen LogP contribution in [0.3, 0.4) is 0 Å². The van der Waals surface area contributed by atoms with E-state index in [-0.39, 0.29) is 62.6 Å². The maximum absolute atomic E-state index is 15.9. The lowest BCUT2D eigenvalue weighted by molar-refractivity contribution is -0.276. The molecule has 0 spiro atoms. The Morgan fingerprint density at radius 1 is 0.770 bits per heavy atom. The fourth-order valence-corrected chi connectivity index (χ4v) is 11.8. The highest BCUT2D eigenvalue weighted by atomic mass is 28.4. The number of benzene rings is 3. The van der Waals surface area contributed by atoms with Crippen LogP contribution in [0.4, 0.5) is 0 Å². The molecule has 0 radical (unpaired) electrons. The zero-order chi connectivity index (χ0) is 44.4. The van der Waals surface area contributed by atoms with Crippen molar-refractivity contribution in [2.45, 2.75) is 135 Å². The smallest absolute Gasteiger partial charge is 0.192 e. The molecule has 3 aliphatic carbocycles. The molecule has 3 aromatic rings. The molecule has 11 heteroatoms. The van der Waals surface area contributed by atoms with Crippen LogP contribution in [0.2, 0.25) is 18.1 Å². The van der Waals surface area contributed by atoms with E-state index in [0.29, 0.717) is 12.8 Å². The molecular weight excluding hydrogens is 789 g/mol. The summed E-state index contributed by atoms with van der Waals surface area (Å²) < 4.78 is 45.5. The van der Waals surface area contributed by atoms with Gasteiger partial charge in [-0.3, -0.25) is 4.79 Å². The van der Waals surface area contributed by atoms with Gasteiger partial charge in [0, 0.05) is 25.4 Å². The van der Waals surface area contributed by atoms with Crippen molar-refractivity contribution < 1.29 is 47.9 Å². The van der Waals surface area contributed by atoms with Gasteiger partial charge in [-0.05, 0) is 96.6 Å². The van der Waals surface area contributed by atoms with Crippen molar-refractivity contribution in [3.63, 3.8) is 0 Å². The number of hydrogen-bond donors (Lipinski definition) is 2. The Morgan fingerprint density at radius 2 is 1.34 bits per heavy atom. The Kier molecular flexibility index (Phi) is 14.4. The number of fused-ring (bicyclic) bond motifs is 3. The third-order valence-corrected chi connectivity index (χ3v) is 20.0. The molecule has 0 unspecified atom stereocenters. The van der Waals surface area contributed by atoms with Crippen LogP contribution in [-0.4, -0.2) is 88.4 Å². The monoisotopic (exact) mass is 860 g/mol. The zero-order valence-electron chi connectivity index (χ0n) is 38.5. The SMILES string of the molecule is COC[C@@H]1C(=O)[C@@]2(C)[C@H](C[C@H](O[Si](C)(C)C(C)(C)C)[C@]3(O)CC[C@@H]1C3(C)C)[C@@](COCc1ccc(OC)cc1)(OCc1ccccc1)[C@H](OCc1ccc(OC)cc1)C[C@@H]2O. The van der Waals surface area contributed by atoms with Crippen molar-refractivity contribution in [1.29, 1.82) is 0 Å². The predicted octanol–water partition coefficient (Wildman–Crippen LogP) is 8.94. The van der Waals surface area contributed by atoms with Crippen LogP contribution in [0, 0.1) is 28.6 Å². The predicted molar refractivity (Wildman–Crippen MR) is 239 cm³/mol. The van der Waals surface area contributed by atoms with Crippen molar-refractivity contribution in [1.82, 2.24) is 0 Å². The van der Waals surface area contributed by atoms with Gasteiger partial charge in [0.2, 0.25) is 0 Å². The highest BCUT2D eigenvalue weighted by Gasteiger charge is 2.71. The van der Waals surface area contributed by atoms with Crippen molar-refractivity contribution in [3.05, 3.63) is 95.6 Å². The van der Waals surface area contributed by atoms with E-state index >= 15 is 4.79 Å². The molecule has 3 fully saturated rings. The lowest BCUT2D eigenvalue weighted by Crippen LogP contribution is -2.70. The third kappa shape index (κ3) is 9.14. The molecule has 0 saturated heterocycles. The van der Waals surface area contributed by atoms with Gasteiger partial charge >= 0.3 is 0 Å². The maximum Gasteiger partial charge on any atom is 0.192 e. The number of ether oxygens (including phenoxy) is 6. The van der Waals surface area contributed by atoms with Crippen molar-refractivity contribution in [3.8, 4) is 11.5 Å². The molecule has 6 rings (SSSR count). The van der Waals surface area contributed by atoms with Crippen LogP contribution in [-0.2, 0) is 48.0 Å². The summed E-state index contributed by atoms with van der Waals surface area (Å²) in [5.74, 6) is -0.186. The molecule has 0 amide bonds. The van der Waals surface area contributed by atoms with E-state index in [4.69, 9.17) is 32.8 Å². The van der Waals surface area contributed by atoms with Crippen LogP contribution in [0.25, 0.3) is 0 Å². The molecule has 3 aromatic carbocycles. The standard InChI is InChI=1S/C50H72O10Si/c1-46(2,3)61(10,11)60-44-27-41-48(6,45(52)39(32-54-7)40-25-26-50(44,53)47(40,4)5)42(51)28-43(58-30-36-19-23-38(56-9)24-20-36)49(41,59-31-34-15-13-12-14-16-34)33-57-29-35-17-21-37(55-8)22-18-35/h12-24,39-44,51,53H,25-33H2,1-11H3/t39-,40-,41-,42-,43+,44-,48-,49+,50+/m0/s1. The number of carbonyl (C=O) groups is 1. The number of methoxy groups -OCH3 is 3. The molecule has 3 aliphatic rings. The Bertz CT molecular complexity index is 1900. The topological polar surface area (TPSA) is 122 Å². The van der Waals surface area contributed by atoms with E-state index in [1.807, 2.05) is 85.8 Å². The van der Waals surface area contributed by atoms with E-state index < -0.39 is 60.5 Å². The summed E-state index contributed by atoms with van der Waals surface area (Å²) in [4.78, 5) is 15.9. The molecule has 10 nitrogen and oxygen atoms in total. The second-order valence-corrected chi connectivity index (χ2v) is 24.9. The molecule has 0 heterocycles. The Balaban J connectivity index is 1.57. The average molecular weight is 861 g/mol. The minimum atomic E-state index is -2.58. The van der Waals surface area contributed by atoms with Gasteiger partial charge in [-0.1, -0.05) is 89.2 Å². The molecule has 0 aromatic heterocycles. The van der Waals surface area contributed by atoms with Crippen LogP contribution in [0.1, 0.15) is 83.9 Å². The zero-order valence-corrected chi connectivity index (χ0v) is 39.5. The van der Waals surface area contributed by atoms with Gasteiger partial charge in [0.15, 0.2) is 8.32 Å². The first-order valence-corrected chi connectivity index (χ1v) is 24.9. The van der Waals surface area contributed by atoms with Crippen LogP contribution in [0.5, 0.6) is 11.5 Å². The van der Waals surface area contributed by atoms with Gasteiger partial charge in [0.05, 0.1) is 76.6 Å². The van der Waals surface area contributed by atoms with E-state index in [9.17, 15) is 10.2 Å². The van der Waals surface area contributed by atoms with Gasteiger partial charge in [-0.2, -0.15) is 0 Å². The quantitative estimate of drug-likeness (QED) is 0.135. The highest BCUT2D eigenvalue weighted by Crippen LogP contribution is 2.63. The number of hydrogen-bond acceptors (Lipinski definition) is 10. The average Bonchev–Trinajstić information content (AvgIpc) is 3.48. The first kappa shape index (κ1) is 47.3. The lowest BCUT2D eigenvalue weighted by Gasteiger charge is -2.59. The number of Topliss-reactive ketones (excluding diaryl/α,β-unsaturated/α-hetero) is 1. The first-order valence-electron chi connectivity index (χ1n) is 22.0. The molecule has 0 aliphatic heterocycles. The first-order chi connectivity index (χ1) is 28.8. The minimum Gasteiger partial charge on any atom is -0.497 e. The van der Waals surface area contributed by atoms with Crippen molar-refractivity contribution in [2.24, 2.45) is 28.6 Å². The van der Waals surface area contributed by atoms with Gasteiger partial charge in [0.1, 0.15) is 22.9 Å². The van der Waals surface area contributed by atoms with Crippen LogP contribution >= 0.6 is 0 Å². The summed E-state index contributed by atoms with van der Waals surface area (Å²) in [7, 11) is 2.32. The van der Waals surface area contributed by atoms with E-state index in [1.165, 1.54) is 0 Å². The van der Waals surface area contributed by atoms with E-state index in [2.05, 4.69) is 47.7 Å². The molecule has 2 N–H and O–H groups in total. The molecular formula is C50H72O10Si. The van der Waals surface area contributed by atoms with Crippen molar-refractivity contribution in [2.75, 3.05) is 34.5 Å². The Hall–Kier alpha value is -3.13. The number of aliphatic hydroxyl groups is 2. The van der Waals surface area contributed by atoms with E-state index in [0.717, 1.165) is 28.2 Å². The van der Waals surface area contributed by atoms with Gasteiger partial charge < -0.3 is 43.1 Å². The number of rotatable bonds is 16. The third-order valence-electron chi connectivity index (χ3n) is 15.5. The van der Waals surface area contributed by atoms with Gasteiger partial charge in [-0.15, -0.1) is 0 Å². The summed E-state index contributed by atoms with van der Waals surface area (Å²) in [6.45, 7) is 18.0. The van der Waals surface area contributed by atoms with Crippen molar-refractivity contribution >= 4 is 14.1 Å². The summed E-state index contributed by atoms with van der Waals surface area (Å²) in [5.41, 5.74) is -1.97. The van der Waals surface area contributed by atoms with Crippen LogP contribution < -0.4 is 9.47 Å². The highest BCUT2D eigenvalue weighted by molar-refractivity contribution is 6.74. The lowest BCUT2D eigenvalue weighted by atomic mass is 9.52.